The summed E-state index contributed by atoms with van der Waals surface area (Å²) in [7, 11) is 0. The maximum absolute atomic E-state index is 12.8. The van der Waals surface area contributed by atoms with Gasteiger partial charge in [-0.05, 0) is 46.5 Å². The van der Waals surface area contributed by atoms with E-state index in [0.717, 1.165) is 0 Å². The van der Waals surface area contributed by atoms with Gasteiger partial charge in [0.1, 0.15) is 11.8 Å². The van der Waals surface area contributed by atoms with E-state index in [2.05, 4.69) is 5.32 Å². The van der Waals surface area contributed by atoms with Gasteiger partial charge in [0.2, 0.25) is 0 Å². The number of halogens is 1. The second kappa shape index (κ2) is 4.81. The minimum atomic E-state index is -0.693. The van der Waals surface area contributed by atoms with E-state index in [1.54, 1.807) is 0 Å². The molecule has 1 fully saturated rings. The van der Waals surface area contributed by atoms with Crippen molar-refractivity contribution in [2.75, 3.05) is 0 Å². The lowest BCUT2D eigenvalue weighted by atomic mass is 9.94. The van der Waals surface area contributed by atoms with E-state index in [1.165, 1.54) is 0 Å². The van der Waals surface area contributed by atoms with Crippen molar-refractivity contribution >= 4 is 6.09 Å². The summed E-state index contributed by atoms with van der Waals surface area (Å²) in [6, 6.07) is 0.0758. The van der Waals surface area contributed by atoms with Gasteiger partial charge in [-0.25, -0.2) is 9.18 Å². The average Bonchev–Trinajstić information content (AvgIpc) is 2.05. The minimum Gasteiger partial charge on any atom is -0.444 e. The number of carbonyl (C=O) groups is 1. The highest BCUT2D eigenvalue weighted by atomic mass is 19.1. The normalized spacial score (nSPS) is 27.2. The summed E-state index contributed by atoms with van der Waals surface area (Å²) in [6.45, 7) is 5.47. The zero-order chi connectivity index (χ0) is 11.5. The number of nitrogens with one attached hydrogen (secondary N) is 1. The molecule has 0 aromatic heterocycles. The van der Waals surface area contributed by atoms with E-state index in [4.69, 9.17) is 4.74 Å². The number of alkyl carbamates (subject to hydrolysis) is 1. The second-order valence-corrected chi connectivity index (χ2v) is 5.10. The van der Waals surface area contributed by atoms with Crippen LogP contribution in [0.15, 0.2) is 0 Å². The molecule has 0 radical (unpaired) electrons. The third-order valence-electron chi connectivity index (χ3n) is 2.38. The number of rotatable bonds is 1. The Morgan fingerprint density at radius 3 is 2.27 bits per heavy atom. The predicted octanol–water partition coefficient (Wildman–Crippen LogP) is 2.79. The molecule has 0 aromatic rings. The van der Waals surface area contributed by atoms with E-state index in [0.29, 0.717) is 25.7 Å². The monoisotopic (exact) mass is 217 g/mol. The molecule has 0 heterocycles. The van der Waals surface area contributed by atoms with Crippen LogP contribution in [-0.4, -0.2) is 23.9 Å². The van der Waals surface area contributed by atoms with Gasteiger partial charge >= 0.3 is 6.09 Å². The molecule has 0 atom stereocenters. The topological polar surface area (TPSA) is 38.3 Å². The largest absolute Gasteiger partial charge is 0.444 e. The summed E-state index contributed by atoms with van der Waals surface area (Å²) in [5, 5.41) is 2.77. The van der Waals surface area contributed by atoms with Gasteiger partial charge in [0, 0.05) is 6.04 Å². The van der Waals surface area contributed by atoms with Crippen LogP contribution < -0.4 is 5.32 Å². The predicted molar refractivity (Wildman–Crippen MR) is 56.5 cm³/mol. The Morgan fingerprint density at radius 1 is 1.27 bits per heavy atom. The summed E-state index contributed by atoms with van der Waals surface area (Å²) in [5.74, 6) is 0. The van der Waals surface area contributed by atoms with E-state index in [9.17, 15) is 9.18 Å². The molecule has 88 valence electrons. The molecule has 15 heavy (non-hydrogen) atoms. The second-order valence-electron chi connectivity index (χ2n) is 5.10. The molecular formula is C11H20FNO2. The van der Waals surface area contributed by atoms with Crippen LogP contribution in [0.3, 0.4) is 0 Å². The lowest BCUT2D eigenvalue weighted by Crippen LogP contribution is -2.41. The quantitative estimate of drug-likeness (QED) is 0.733. The van der Waals surface area contributed by atoms with Gasteiger partial charge in [0.05, 0.1) is 0 Å². The van der Waals surface area contributed by atoms with Crippen molar-refractivity contribution < 1.29 is 13.9 Å². The molecule has 0 spiro atoms. The first-order chi connectivity index (χ1) is 6.87. The summed E-state index contributed by atoms with van der Waals surface area (Å²) >= 11 is 0. The SMILES string of the molecule is CC(C)(C)OC(=O)N[C@H]1CC[C@@H](F)CC1. The van der Waals surface area contributed by atoms with Crippen LogP contribution >= 0.6 is 0 Å². The number of hydrogen-bond donors (Lipinski definition) is 1. The van der Waals surface area contributed by atoms with Crippen molar-refractivity contribution in [2.45, 2.75) is 64.3 Å². The number of amides is 1. The van der Waals surface area contributed by atoms with Crippen LogP contribution in [0.1, 0.15) is 46.5 Å². The number of alkyl halides is 1. The van der Waals surface area contributed by atoms with Crippen LogP contribution in [-0.2, 0) is 4.74 Å². The van der Waals surface area contributed by atoms with E-state index in [1.807, 2.05) is 20.8 Å². The van der Waals surface area contributed by atoms with E-state index in [-0.39, 0.29) is 6.04 Å². The molecule has 0 saturated heterocycles. The Morgan fingerprint density at radius 2 is 1.80 bits per heavy atom. The molecule has 0 bridgehead atoms. The summed E-state index contributed by atoms with van der Waals surface area (Å²) in [4.78, 5) is 11.4. The van der Waals surface area contributed by atoms with E-state index < -0.39 is 17.9 Å². The first-order valence-corrected chi connectivity index (χ1v) is 5.50. The van der Waals surface area contributed by atoms with Crippen LogP contribution in [0.2, 0.25) is 0 Å². The molecule has 1 aliphatic rings. The number of carbonyl (C=O) groups excluding carboxylic acids is 1. The first kappa shape index (κ1) is 12.3. The van der Waals surface area contributed by atoms with Crippen molar-refractivity contribution in [1.82, 2.24) is 5.32 Å². The maximum atomic E-state index is 12.8. The van der Waals surface area contributed by atoms with Crippen molar-refractivity contribution in [1.29, 1.82) is 0 Å². The highest BCUT2D eigenvalue weighted by molar-refractivity contribution is 5.68. The van der Waals surface area contributed by atoms with Gasteiger partial charge in [-0.1, -0.05) is 0 Å². The van der Waals surface area contributed by atoms with Crippen LogP contribution in [0.4, 0.5) is 9.18 Å². The van der Waals surface area contributed by atoms with Gasteiger partial charge in [0.25, 0.3) is 0 Å². The van der Waals surface area contributed by atoms with Gasteiger partial charge in [-0.2, -0.15) is 0 Å². The van der Waals surface area contributed by atoms with Crippen LogP contribution in [0, 0.1) is 0 Å². The van der Waals surface area contributed by atoms with Gasteiger partial charge in [-0.15, -0.1) is 0 Å². The molecule has 1 aliphatic carbocycles. The van der Waals surface area contributed by atoms with Crippen molar-refractivity contribution in [3.8, 4) is 0 Å². The Bertz CT molecular complexity index is 217. The van der Waals surface area contributed by atoms with Crippen molar-refractivity contribution in [3.05, 3.63) is 0 Å². The van der Waals surface area contributed by atoms with Crippen LogP contribution in [0.25, 0.3) is 0 Å². The molecule has 0 aliphatic heterocycles. The van der Waals surface area contributed by atoms with Crippen molar-refractivity contribution in [2.24, 2.45) is 0 Å². The van der Waals surface area contributed by atoms with Crippen molar-refractivity contribution in [3.63, 3.8) is 0 Å². The summed E-state index contributed by atoms with van der Waals surface area (Å²) < 4.78 is 17.9. The molecule has 0 unspecified atom stereocenters. The Labute approximate surface area is 90.4 Å². The van der Waals surface area contributed by atoms with Gasteiger partial charge in [-0.3, -0.25) is 0 Å². The Kier molecular flexibility index (Phi) is 3.94. The highest BCUT2D eigenvalue weighted by Crippen LogP contribution is 2.21. The third-order valence-corrected chi connectivity index (χ3v) is 2.38. The van der Waals surface area contributed by atoms with Gasteiger partial charge in [0.15, 0.2) is 0 Å². The molecule has 4 heteroatoms. The zero-order valence-corrected chi connectivity index (χ0v) is 9.68. The van der Waals surface area contributed by atoms with E-state index >= 15 is 0 Å². The molecule has 1 N–H and O–H groups in total. The smallest absolute Gasteiger partial charge is 0.407 e. The molecule has 1 rings (SSSR count). The fraction of sp³-hybridized carbons (Fsp3) is 0.909. The fourth-order valence-electron chi connectivity index (χ4n) is 1.67. The molecule has 1 amide bonds. The fourth-order valence-corrected chi connectivity index (χ4v) is 1.67. The maximum Gasteiger partial charge on any atom is 0.407 e. The zero-order valence-electron chi connectivity index (χ0n) is 9.68. The summed E-state index contributed by atoms with van der Waals surface area (Å²) in [6.07, 6.45) is 1.41. The number of hydrogen-bond acceptors (Lipinski definition) is 2. The molecular weight excluding hydrogens is 197 g/mol. The minimum absolute atomic E-state index is 0.0758. The lowest BCUT2D eigenvalue weighted by molar-refractivity contribution is 0.0483. The third kappa shape index (κ3) is 5.00. The average molecular weight is 217 g/mol. The van der Waals surface area contributed by atoms with Gasteiger partial charge < -0.3 is 10.1 Å². The Balaban J connectivity index is 2.27. The number of ether oxygens (including phenoxy) is 1. The standard InChI is InChI=1S/C11H20FNO2/c1-11(2,3)15-10(14)13-9-6-4-8(12)5-7-9/h8-9H,4-7H2,1-3H3,(H,13,14)/t8-,9+. The molecule has 1 saturated carbocycles. The Hall–Kier alpha value is -0.800. The first-order valence-electron chi connectivity index (χ1n) is 5.50. The lowest BCUT2D eigenvalue weighted by Gasteiger charge is -2.27. The summed E-state index contributed by atoms with van der Waals surface area (Å²) in [5.41, 5.74) is -0.471. The molecule has 3 nitrogen and oxygen atoms in total. The van der Waals surface area contributed by atoms with Crippen LogP contribution in [0.5, 0.6) is 0 Å². The molecule has 0 aromatic carbocycles. The highest BCUT2D eigenvalue weighted by Gasteiger charge is 2.24.